The molecule has 3 aromatic carbocycles. The fraction of sp³-hybridized carbons (Fsp3) is 0.250. The van der Waals surface area contributed by atoms with Crippen molar-refractivity contribution in [3.05, 3.63) is 118 Å². The van der Waals surface area contributed by atoms with Crippen LogP contribution in [-0.2, 0) is 29.0 Å². The Labute approximate surface area is 238 Å². The molecule has 0 saturated carbocycles. The van der Waals surface area contributed by atoms with Gasteiger partial charge in [-0.1, -0.05) is 60.7 Å². The molecule has 0 fully saturated rings. The Balaban J connectivity index is 1.65. The molecule has 9 heteroatoms. The number of nitrogens with zero attached hydrogens (tertiary/aromatic N) is 3. The van der Waals surface area contributed by atoms with Gasteiger partial charge in [0.15, 0.2) is 5.82 Å². The number of hydrogen-bond donors (Lipinski definition) is 2. The SMILES string of the molecule is CNC(C)C(=O)Nc1ncc(-c2ccc(F)cc2)n(CC(=O)N(CCc2ccccc2)CCc2ccccc2)c1=O. The molecule has 8 nitrogen and oxygen atoms in total. The topological polar surface area (TPSA) is 96.3 Å². The van der Waals surface area contributed by atoms with E-state index in [1.807, 2.05) is 60.7 Å². The quantitative estimate of drug-likeness (QED) is 0.276. The Morgan fingerprint density at radius 1 is 0.902 bits per heavy atom. The molecule has 0 radical (unpaired) electrons. The maximum Gasteiger partial charge on any atom is 0.294 e. The number of carbonyl (C=O) groups excluding carboxylic acids is 2. The minimum atomic E-state index is -0.622. The molecule has 2 amide bonds. The molecule has 0 aliphatic rings. The van der Waals surface area contributed by atoms with Crippen molar-refractivity contribution in [1.82, 2.24) is 19.8 Å². The number of rotatable bonds is 12. The van der Waals surface area contributed by atoms with Gasteiger partial charge in [-0.25, -0.2) is 9.37 Å². The summed E-state index contributed by atoms with van der Waals surface area (Å²) in [6.07, 6.45) is 2.72. The van der Waals surface area contributed by atoms with Crippen LogP contribution in [0.3, 0.4) is 0 Å². The molecular formula is C32H34FN5O3. The third kappa shape index (κ3) is 7.95. The Hall–Kier alpha value is -4.63. The van der Waals surface area contributed by atoms with Crippen molar-refractivity contribution in [2.75, 3.05) is 25.5 Å². The maximum atomic E-state index is 13.8. The van der Waals surface area contributed by atoms with E-state index in [0.717, 1.165) is 11.1 Å². The van der Waals surface area contributed by atoms with E-state index >= 15 is 0 Å². The lowest BCUT2D eigenvalue weighted by Crippen LogP contribution is -2.41. The molecule has 4 rings (SSSR count). The monoisotopic (exact) mass is 555 g/mol. The van der Waals surface area contributed by atoms with E-state index in [1.54, 1.807) is 18.9 Å². The summed E-state index contributed by atoms with van der Waals surface area (Å²) in [5.74, 6) is -1.30. The zero-order chi connectivity index (χ0) is 29.2. The van der Waals surface area contributed by atoms with Gasteiger partial charge in [-0.05, 0) is 62.2 Å². The van der Waals surface area contributed by atoms with Crippen LogP contribution in [0, 0.1) is 5.82 Å². The van der Waals surface area contributed by atoms with E-state index in [1.165, 1.54) is 35.0 Å². The predicted octanol–water partition coefficient (Wildman–Crippen LogP) is 3.91. The molecule has 0 aliphatic carbocycles. The van der Waals surface area contributed by atoms with Crippen molar-refractivity contribution < 1.29 is 14.0 Å². The number of halogens is 1. The fourth-order valence-corrected chi connectivity index (χ4v) is 4.35. The van der Waals surface area contributed by atoms with E-state index in [-0.39, 0.29) is 18.3 Å². The number of likely N-dealkylation sites (N-methyl/N-ethyl adjacent to an activating group) is 1. The number of hydrogen-bond acceptors (Lipinski definition) is 5. The Morgan fingerprint density at radius 2 is 1.46 bits per heavy atom. The highest BCUT2D eigenvalue weighted by Gasteiger charge is 2.21. The molecule has 2 N–H and O–H groups in total. The standard InChI is InChI=1S/C32H34FN5O3/c1-23(34-2)31(40)36-30-32(41)38(28(21-35-30)26-13-15-27(33)16-14-26)22-29(39)37(19-17-24-9-5-3-6-10-24)20-18-25-11-7-4-8-12-25/h3-16,21,23,34H,17-20,22H2,1-2H3,(H,35,36,40). The van der Waals surface area contributed by atoms with E-state index < -0.39 is 23.3 Å². The largest absolute Gasteiger partial charge is 0.340 e. The van der Waals surface area contributed by atoms with Gasteiger partial charge in [-0.3, -0.25) is 19.0 Å². The van der Waals surface area contributed by atoms with Crippen molar-refractivity contribution in [3.8, 4) is 11.3 Å². The van der Waals surface area contributed by atoms with Gasteiger partial charge >= 0.3 is 0 Å². The Kier molecular flexibility index (Phi) is 10.1. The molecular weight excluding hydrogens is 521 g/mol. The van der Waals surface area contributed by atoms with Gasteiger partial charge in [0.1, 0.15) is 12.4 Å². The summed E-state index contributed by atoms with van der Waals surface area (Å²) in [4.78, 5) is 45.9. The first-order valence-electron chi connectivity index (χ1n) is 13.5. The van der Waals surface area contributed by atoms with Gasteiger partial charge in [0.25, 0.3) is 5.56 Å². The molecule has 1 heterocycles. The van der Waals surface area contributed by atoms with Gasteiger partial charge in [0.05, 0.1) is 17.9 Å². The van der Waals surface area contributed by atoms with Crippen LogP contribution in [-0.4, -0.2) is 52.4 Å². The zero-order valence-corrected chi connectivity index (χ0v) is 23.2. The molecule has 1 atom stereocenters. The molecule has 212 valence electrons. The fourth-order valence-electron chi connectivity index (χ4n) is 4.35. The van der Waals surface area contributed by atoms with Crippen molar-refractivity contribution in [2.45, 2.75) is 32.4 Å². The van der Waals surface area contributed by atoms with E-state index in [4.69, 9.17) is 0 Å². The normalized spacial score (nSPS) is 11.6. The first-order chi connectivity index (χ1) is 19.9. The first-order valence-corrected chi connectivity index (χ1v) is 13.5. The average Bonchev–Trinajstić information content (AvgIpc) is 3.00. The van der Waals surface area contributed by atoms with Crippen LogP contribution < -0.4 is 16.2 Å². The average molecular weight is 556 g/mol. The summed E-state index contributed by atoms with van der Waals surface area (Å²) in [6, 6.07) is 24.8. The van der Waals surface area contributed by atoms with Gasteiger partial charge in [-0.2, -0.15) is 0 Å². The van der Waals surface area contributed by atoms with E-state index in [2.05, 4.69) is 15.6 Å². The van der Waals surface area contributed by atoms with Crippen LogP contribution in [0.15, 0.2) is 95.9 Å². The lowest BCUT2D eigenvalue weighted by atomic mass is 10.1. The second kappa shape index (κ2) is 14.1. The summed E-state index contributed by atoms with van der Waals surface area (Å²) < 4.78 is 15.0. The second-order valence-corrected chi connectivity index (χ2v) is 9.74. The van der Waals surface area contributed by atoms with E-state index in [9.17, 15) is 18.8 Å². The van der Waals surface area contributed by atoms with E-state index in [0.29, 0.717) is 37.2 Å². The minimum Gasteiger partial charge on any atom is -0.340 e. The molecule has 0 saturated heterocycles. The third-order valence-electron chi connectivity index (χ3n) is 6.93. The summed E-state index contributed by atoms with van der Waals surface area (Å²) in [5.41, 5.74) is 2.44. The van der Waals surface area contributed by atoms with Crippen molar-refractivity contribution in [3.63, 3.8) is 0 Å². The van der Waals surface area contributed by atoms with Crippen LogP contribution >= 0.6 is 0 Å². The lowest BCUT2D eigenvalue weighted by molar-refractivity contribution is -0.131. The molecule has 1 unspecified atom stereocenters. The van der Waals surface area contributed by atoms with Gasteiger partial charge in [0, 0.05) is 18.7 Å². The Bertz CT molecular complexity index is 1460. The molecule has 0 bridgehead atoms. The van der Waals surface area contributed by atoms with Gasteiger partial charge in [0.2, 0.25) is 11.8 Å². The van der Waals surface area contributed by atoms with Crippen LogP contribution in [0.1, 0.15) is 18.1 Å². The summed E-state index contributed by atoms with van der Waals surface area (Å²) in [7, 11) is 1.63. The highest BCUT2D eigenvalue weighted by Crippen LogP contribution is 2.19. The predicted molar refractivity (Wildman–Crippen MR) is 158 cm³/mol. The van der Waals surface area contributed by atoms with Crippen LogP contribution in [0.5, 0.6) is 0 Å². The second-order valence-electron chi connectivity index (χ2n) is 9.74. The smallest absolute Gasteiger partial charge is 0.294 e. The molecule has 41 heavy (non-hydrogen) atoms. The van der Waals surface area contributed by atoms with Crippen LogP contribution in [0.2, 0.25) is 0 Å². The minimum absolute atomic E-state index is 0.184. The highest BCUT2D eigenvalue weighted by atomic mass is 19.1. The zero-order valence-electron chi connectivity index (χ0n) is 23.2. The molecule has 0 aliphatic heterocycles. The molecule has 4 aromatic rings. The van der Waals surface area contributed by atoms with Crippen molar-refractivity contribution in [1.29, 1.82) is 0 Å². The van der Waals surface area contributed by atoms with Crippen LogP contribution in [0.25, 0.3) is 11.3 Å². The van der Waals surface area contributed by atoms with Crippen LogP contribution in [0.4, 0.5) is 10.2 Å². The van der Waals surface area contributed by atoms with Gasteiger partial charge in [-0.15, -0.1) is 0 Å². The number of nitrogens with one attached hydrogen (secondary N) is 2. The highest BCUT2D eigenvalue weighted by molar-refractivity contribution is 5.93. The summed E-state index contributed by atoms with van der Waals surface area (Å²) in [5, 5.41) is 5.37. The number of anilines is 1. The lowest BCUT2D eigenvalue weighted by Gasteiger charge is -2.24. The first kappa shape index (κ1) is 29.4. The summed E-state index contributed by atoms with van der Waals surface area (Å²) in [6.45, 7) is 2.30. The molecule has 0 spiro atoms. The number of benzene rings is 3. The van der Waals surface area contributed by atoms with Gasteiger partial charge < -0.3 is 15.5 Å². The maximum absolute atomic E-state index is 13.8. The van der Waals surface area contributed by atoms with Crippen molar-refractivity contribution >= 4 is 17.6 Å². The number of amides is 2. The number of aromatic nitrogens is 2. The third-order valence-corrected chi connectivity index (χ3v) is 6.93. The number of carbonyl (C=O) groups is 2. The van der Waals surface area contributed by atoms with Crippen molar-refractivity contribution in [2.24, 2.45) is 0 Å². The summed E-state index contributed by atoms with van der Waals surface area (Å²) >= 11 is 0. The Morgan fingerprint density at radius 3 is 2.00 bits per heavy atom. The molecule has 1 aromatic heterocycles.